The van der Waals surface area contributed by atoms with E-state index in [0.29, 0.717) is 6.42 Å². The van der Waals surface area contributed by atoms with Gasteiger partial charge < -0.3 is 10.5 Å². The lowest BCUT2D eigenvalue weighted by Crippen LogP contribution is -2.33. The molecule has 0 saturated carbocycles. The molecule has 0 bridgehead atoms. The maximum Gasteiger partial charge on any atom is 0.338 e. The molecule has 0 heterocycles. The molecular weight excluding hydrogens is 180 g/mol. The van der Waals surface area contributed by atoms with Crippen molar-refractivity contribution < 1.29 is 9.53 Å². The summed E-state index contributed by atoms with van der Waals surface area (Å²) in [5.41, 5.74) is 6.45. The number of carbonyl (C=O) groups excluding carboxylic acids is 1. The highest BCUT2D eigenvalue weighted by atomic mass is 16.5. The standard InChI is InChI=1S/C10H10N2O2/c11-7-14-10(13)9(12)6-8-4-2-1-3-5-8/h1-5,9H,6,12H2/t9-/m0/s1. The Labute approximate surface area is 81.9 Å². The van der Waals surface area contributed by atoms with Crippen molar-refractivity contribution in [3.63, 3.8) is 0 Å². The van der Waals surface area contributed by atoms with Crippen LogP contribution in [0.2, 0.25) is 0 Å². The highest BCUT2D eigenvalue weighted by molar-refractivity contribution is 5.76. The van der Waals surface area contributed by atoms with Gasteiger partial charge in [0.2, 0.25) is 0 Å². The minimum Gasteiger partial charge on any atom is -0.350 e. The largest absolute Gasteiger partial charge is 0.350 e. The molecule has 0 aliphatic carbocycles. The summed E-state index contributed by atoms with van der Waals surface area (Å²) in [5.74, 6) is -0.698. The number of rotatable bonds is 3. The van der Waals surface area contributed by atoms with Crippen LogP contribution in [0.5, 0.6) is 0 Å². The number of hydrogen-bond acceptors (Lipinski definition) is 4. The van der Waals surface area contributed by atoms with Crippen LogP contribution < -0.4 is 5.73 Å². The number of benzene rings is 1. The predicted molar refractivity (Wildman–Crippen MR) is 49.8 cm³/mol. The van der Waals surface area contributed by atoms with E-state index in [-0.39, 0.29) is 0 Å². The quantitative estimate of drug-likeness (QED) is 0.558. The third kappa shape index (κ3) is 2.88. The van der Waals surface area contributed by atoms with Gasteiger partial charge in [-0.15, -0.1) is 5.26 Å². The Balaban J connectivity index is 2.54. The first-order valence-electron chi connectivity index (χ1n) is 4.13. The van der Waals surface area contributed by atoms with Gasteiger partial charge in [-0.2, -0.15) is 0 Å². The van der Waals surface area contributed by atoms with Crippen molar-refractivity contribution in [3.05, 3.63) is 35.9 Å². The fourth-order valence-corrected chi connectivity index (χ4v) is 1.07. The van der Waals surface area contributed by atoms with E-state index in [2.05, 4.69) is 4.74 Å². The average Bonchev–Trinajstić information content (AvgIpc) is 2.19. The summed E-state index contributed by atoms with van der Waals surface area (Å²) in [7, 11) is 0. The molecule has 0 amide bonds. The van der Waals surface area contributed by atoms with E-state index in [1.54, 1.807) is 0 Å². The van der Waals surface area contributed by atoms with Gasteiger partial charge in [0, 0.05) is 0 Å². The first-order chi connectivity index (χ1) is 6.74. The smallest absolute Gasteiger partial charge is 0.338 e. The van der Waals surface area contributed by atoms with Crippen LogP contribution >= 0.6 is 0 Å². The summed E-state index contributed by atoms with van der Waals surface area (Å²) in [5, 5.41) is 8.10. The molecule has 2 N–H and O–H groups in total. The maximum absolute atomic E-state index is 11.0. The van der Waals surface area contributed by atoms with Crippen LogP contribution in [0.15, 0.2) is 30.3 Å². The van der Waals surface area contributed by atoms with Crippen LogP contribution in [0.4, 0.5) is 0 Å². The van der Waals surface area contributed by atoms with Gasteiger partial charge in [0.25, 0.3) is 6.26 Å². The monoisotopic (exact) mass is 190 g/mol. The lowest BCUT2D eigenvalue weighted by Gasteiger charge is -2.06. The Bertz CT molecular complexity index is 343. The van der Waals surface area contributed by atoms with E-state index in [0.717, 1.165) is 5.56 Å². The van der Waals surface area contributed by atoms with Gasteiger partial charge in [-0.3, -0.25) is 0 Å². The topological polar surface area (TPSA) is 76.1 Å². The Kier molecular flexibility index (Phi) is 3.65. The number of nitrogens with zero attached hydrogens (tertiary/aromatic N) is 1. The number of nitrogens with two attached hydrogens (primary N) is 1. The molecule has 1 aromatic carbocycles. The van der Waals surface area contributed by atoms with Gasteiger partial charge in [0.05, 0.1) is 0 Å². The van der Waals surface area contributed by atoms with Gasteiger partial charge in [0.15, 0.2) is 0 Å². The average molecular weight is 190 g/mol. The molecule has 0 spiro atoms. The lowest BCUT2D eigenvalue weighted by atomic mass is 10.1. The van der Waals surface area contributed by atoms with Crippen LogP contribution in [0.1, 0.15) is 5.56 Å². The molecule has 1 atom stereocenters. The van der Waals surface area contributed by atoms with Crippen LogP contribution in [0, 0.1) is 11.5 Å². The molecule has 0 unspecified atom stereocenters. The molecule has 1 rings (SSSR count). The Morgan fingerprint density at radius 1 is 1.50 bits per heavy atom. The Morgan fingerprint density at radius 2 is 2.14 bits per heavy atom. The third-order valence-corrected chi connectivity index (χ3v) is 1.75. The molecule has 0 aliphatic rings. The first-order valence-corrected chi connectivity index (χ1v) is 4.13. The summed E-state index contributed by atoms with van der Waals surface area (Å²) < 4.78 is 4.12. The summed E-state index contributed by atoms with van der Waals surface area (Å²) in [6.45, 7) is 0. The van der Waals surface area contributed by atoms with Crippen LogP contribution in [-0.4, -0.2) is 12.0 Å². The highest BCUT2D eigenvalue weighted by Gasteiger charge is 2.15. The van der Waals surface area contributed by atoms with Gasteiger partial charge in [-0.05, 0) is 12.0 Å². The van der Waals surface area contributed by atoms with Crippen molar-refractivity contribution in [2.75, 3.05) is 0 Å². The molecule has 0 aliphatic heterocycles. The van der Waals surface area contributed by atoms with Crippen LogP contribution in [0.25, 0.3) is 0 Å². The van der Waals surface area contributed by atoms with Crippen LogP contribution in [-0.2, 0) is 16.0 Å². The second-order valence-electron chi connectivity index (χ2n) is 2.81. The summed E-state index contributed by atoms with van der Waals surface area (Å²) in [4.78, 5) is 11.0. The zero-order valence-electron chi connectivity index (χ0n) is 7.51. The summed E-state index contributed by atoms with van der Waals surface area (Å²) >= 11 is 0. The number of esters is 1. The fraction of sp³-hybridized carbons (Fsp3) is 0.200. The molecule has 0 fully saturated rings. The van der Waals surface area contributed by atoms with Crippen molar-refractivity contribution >= 4 is 5.97 Å². The minimum atomic E-state index is -0.781. The number of nitriles is 1. The van der Waals surface area contributed by atoms with E-state index in [4.69, 9.17) is 11.0 Å². The Morgan fingerprint density at radius 3 is 2.71 bits per heavy atom. The number of hydrogen-bond donors (Lipinski definition) is 1. The second-order valence-corrected chi connectivity index (χ2v) is 2.81. The summed E-state index contributed by atoms with van der Waals surface area (Å²) in [6.07, 6.45) is 1.68. The molecule has 4 heteroatoms. The fourth-order valence-electron chi connectivity index (χ4n) is 1.07. The van der Waals surface area contributed by atoms with Gasteiger partial charge in [-0.1, -0.05) is 30.3 Å². The van der Waals surface area contributed by atoms with Crippen molar-refractivity contribution in [1.82, 2.24) is 0 Å². The maximum atomic E-state index is 11.0. The van der Waals surface area contributed by atoms with E-state index in [9.17, 15) is 4.79 Å². The number of carbonyl (C=O) groups is 1. The summed E-state index contributed by atoms with van der Waals surface area (Å²) in [6, 6.07) is 8.54. The van der Waals surface area contributed by atoms with E-state index < -0.39 is 12.0 Å². The van der Waals surface area contributed by atoms with E-state index in [1.807, 2.05) is 30.3 Å². The molecule has 0 aromatic heterocycles. The van der Waals surface area contributed by atoms with Crippen LogP contribution in [0.3, 0.4) is 0 Å². The first kappa shape index (κ1) is 10.2. The van der Waals surface area contributed by atoms with Crippen molar-refractivity contribution in [3.8, 4) is 6.26 Å². The normalized spacial score (nSPS) is 11.4. The third-order valence-electron chi connectivity index (χ3n) is 1.75. The van der Waals surface area contributed by atoms with Gasteiger partial charge >= 0.3 is 5.97 Å². The molecule has 0 radical (unpaired) electrons. The molecule has 0 saturated heterocycles. The number of ether oxygens (including phenoxy) is 1. The van der Waals surface area contributed by atoms with Crippen molar-refractivity contribution in [2.24, 2.45) is 5.73 Å². The molecule has 14 heavy (non-hydrogen) atoms. The van der Waals surface area contributed by atoms with Gasteiger partial charge in [0.1, 0.15) is 6.04 Å². The molecule has 4 nitrogen and oxygen atoms in total. The van der Waals surface area contributed by atoms with Gasteiger partial charge in [-0.25, -0.2) is 4.79 Å². The lowest BCUT2D eigenvalue weighted by molar-refractivity contribution is -0.138. The van der Waals surface area contributed by atoms with Crippen molar-refractivity contribution in [1.29, 1.82) is 5.26 Å². The molecular formula is C10H10N2O2. The van der Waals surface area contributed by atoms with E-state index in [1.165, 1.54) is 6.26 Å². The zero-order valence-corrected chi connectivity index (χ0v) is 7.51. The Hall–Kier alpha value is -1.86. The molecule has 72 valence electrons. The zero-order chi connectivity index (χ0) is 10.4. The molecule has 1 aromatic rings. The van der Waals surface area contributed by atoms with E-state index >= 15 is 0 Å². The second kappa shape index (κ2) is 5.00. The SMILES string of the molecule is N#COC(=O)[C@@H](N)Cc1ccccc1. The predicted octanol–water partition coefficient (Wildman–Crippen LogP) is 0.581. The highest BCUT2D eigenvalue weighted by Crippen LogP contribution is 2.02. The minimum absolute atomic E-state index is 0.376. The van der Waals surface area contributed by atoms with Crippen molar-refractivity contribution in [2.45, 2.75) is 12.5 Å².